The minimum absolute atomic E-state index is 0.0337. The highest BCUT2D eigenvalue weighted by Crippen LogP contribution is 2.32. The van der Waals surface area contributed by atoms with E-state index in [1.54, 1.807) is 0 Å². The summed E-state index contributed by atoms with van der Waals surface area (Å²) >= 11 is 0. The molecule has 0 saturated carbocycles. The molecule has 0 atom stereocenters. The Bertz CT molecular complexity index is 3080. The molecule has 8 nitrogen and oxygen atoms in total. The molecule has 10 aromatic rings. The van der Waals surface area contributed by atoms with Crippen LogP contribution >= 0.6 is 0 Å². The maximum atomic E-state index is 14.0. The standard InChI is InChI=1S/C51H40N6O2/c1-2-57-44-24-22-38-26-42(44)43-27-39(23-25-45(43)57)51(59)37-20-16-35(17-21-37)29-54-33-56(49-13-6-4-11-47(49)54)31-41-9-7-8-40(52-41)30-55-32-53(46-10-3-5-12-48(46)55)28-34-14-18-36(19-15-34)50(38)58/h3-27,32-33H,2,28-31H2,1H3/q+2. The molecule has 7 heterocycles. The van der Waals surface area contributed by atoms with E-state index in [1.807, 2.05) is 60.7 Å². The summed E-state index contributed by atoms with van der Waals surface area (Å²) in [7, 11) is 0. The number of carbonyl (C=O) groups excluding carboxylic acids is 2. The van der Waals surface area contributed by atoms with Crippen molar-refractivity contribution in [1.29, 1.82) is 0 Å². The molecule has 0 N–H and O–H groups in total. The molecule has 3 aliphatic heterocycles. The number of pyridine rings is 1. The van der Waals surface area contributed by atoms with Crippen molar-refractivity contribution in [2.45, 2.75) is 39.6 Å². The molecule has 6 aromatic carbocycles. The minimum atomic E-state index is -0.0337. The zero-order chi connectivity index (χ0) is 39.6. The third-order valence-corrected chi connectivity index (χ3v) is 11.9. The van der Waals surface area contributed by atoms with Gasteiger partial charge in [0.25, 0.3) is 0 Å². The number of carbonyl (C=O) groups is 2. The summed E-state index contributed by atoms with van der Waals surface area (Å²) in [6.45, 7) is 5.45. The molecule has 13 rings (SSSR count). The van der Waals surface area contributed by atoms with Gasteiger partial charge in [0.1, 0.15) is 26.2 Å². The normalized spacial score (nSPS) is 13.4. The fraction of sp³-hybridized carbons (Fsp3) is 0.118. The van der Waals surface area contributed by atoms with Gasteiger partial charge < -0.3 is 4.57 Å². The molecule has 0 radical (unpaired) electrons. The second kappa shape index (κ2) is 13.9. The average molecular weight is 769 g/mol. The van der Waals surface area contributed by atoms with Gasteiger partial charge in [0.15, 0.2) is 33.6 Å². The second-order valence-electron chi connectivity index (χ2n) is 15.6. The Kier molecular flexibility index (Phi) is 8.18. The number of ketones is 2. The van der Waals surface area contributed by atoms with Crippen LogP contribution in [0.1, 0.15) is 61.3 Å². The number of aryl methyl sites for hydroxylation is 1. The summed E-state index contributed by atoms with van der Waals surface area (Å²) in [4.78, 5) is 33.2. The monoisotopic (exact) mass is 768 g/mol. The Labute approximate surface area is 340 Å². The van der Waals surface area contributed by atoms with Crippen molar-refractivity contribution in [2.75, 3.05) is 0 Å². The maximum Gasteiger partial charge on any atom is 0.245 e. The molecule has 0 saturated heterocycles. The Morgan fingerprint density at radius 1 is 0.492 bits per heavy atom. The van der Waals surface area contributed by atoms with Gasteiger partial charge in [-0.1, -0.05) is 78.9 Å². The molecule has 0 unspecified atom stereocenters. The van der Waals surface area contributed by atoms with E-state index in [9.17, 15) is 9.59 Å². The summed E-state index contributed by atoms with van der Waals surface area (Å²) in [5, 5.41) is 1.92. The lowest BCUT2D eigenvalue weighted by atomic mass is 9.98. The molecular weight excluding hydrogens is 729 g/mol. The fourth-order valence-electron chi connectivity index (χ4n) is 9.02. The molecular formula is C51H40N6O2+2. The van der Waals surface area contributed by atoms with Gasteiger partial charge in [-0.25, -0.2) is 23.3 Å². The number of imidazole rings is 2. The SMILES string of the molecule is CCn1c2ccc3cc2c2cc(ccc21)C(=O)c1ccc(cc1)C[n+]1cn(c2ccccc21)Cc1cccc(n1)Cn1c[n+](c2ccccc21)Cc1ccc(cc1)C3=O. The van der Waals surface area contributed by atoms with Crippen LogP contribution in [0.3, 0.4) is 0 Å². The van der Waals surface area contributed by atoms with Crippen LogP contribution in [-0.2, 0) is 32.7 Å². The molecule has 0 fully saturated rings. The first kappa shape index (κ1) is 34.8. The lowest BCUT2D eigenvalue weighted by Crippen LogP contribution is -2.33. The van der Waals surface area contributed by atoms with Crippen molar-refractivity contribution in [1.82, 2.24) is 18.7 Å². The van der Waals surface area contributed by atoms with Gasteiger partial charge in [-0.15, -0.1) is 0 Å². The first-order valence-electron chi connectivity index (χ1n) is 20.2. The Hall–Kier alpha value is -7.45. The van der Waals surface area contributed by atoms with Crippen LogP contribution < -0.4 is 9.13 Å². The van der Waals surface area contributed by atoms with E-state index in [0.29, 0.717) is 48.4 Å². The Morgan fingerprint density at radius 3 is 1.39 bits per heavy atom. The van der Waals surface area contributed by atoms with Gasteiger partial charge in [-0.05, 0) is 90.8 Å². The van der Waals surface area contributed by atoms with Crippen molar-refractivity contribution in [3.05, 3.63) is 209 Å². The number of nitrogens with zero attached hydrogens (tertiary/aromatic N) is 6. The van der Waals surface area contributed by atoms with Gasteiger partial charge >= 0.3 is 0 Å². The van der Waals surface area contributed by atoms with E-state index in [-0.39, 0.29) is 11.6 Å². The van der Waals surface area contributed by atoms with Gasteiger partial charge in [0, 0.05) is 50.6 Å². The van der Waals surface area contributed by atoms with E-state index in [0.717, 1.165) is 72.9 Å². The van der Waals surface area contributed by atoms with Crippen LogP contribution in [0, 0.1) is 0 Å². The molecule has 14 bridgehead atoms. The summed E-state index contributed by atoms with van der Waals surface area (Å²) in [5.74, 6) is -0.0675. The first-order chi connectivity index (χ1) is 29.0. The number of para-hydroxylation sites is 4. The van der Waals surface area contributed by atoms with Crippen molar-refractivity contribution >= 4 is 55.4 Å². The van der Waals surface area contributed by atoms with E-state index in [4.69, 9.17) is 4.98 Å². The Balaban J connectivity index is 1.03. The summed E-state index contributed by atoms with van der Waals surface area (Å²) in [6.07, 6.45) is 4.34. The number of rotatable bonds is 1. The van der Waals surface area contributed by atoms with Crippen LogP contribution in [-0.4, -0.2) is 30.3 Å². The molecule has 8 heteroatoms. The van der Waals surface area contributed by atoms with Crippen molar-refractivity contribution in [3.63, 3.8) is 0 Å². The molecule has 284 valence electrons. The fourth-order valence-corrected chi connectivity index (χ4v) is 9.02. The highest BCUT2D eigenvalue weighted by Gasteiger charge is 2.21. The smallest absolute Gasteiger partial charge is 0.245 e. The van der Waals surface area contributed by atoms with Gasteiger partial charge in [0.05, 0.1) is 11.4 Å². The number of fused-ring (bicyclic) bond motifs is 4. The van der Waals surface area contributed by atoms with Gasteiger partial charge in [0.2, 0.25) is 12.7 Å². The van der Waals surface area contributed by atoms with E-state index < -0.39 is 0 Å². The van der Waals surface area contributed by atoms with Crippen LogP contribution in [0.2, 0.25) is 0 Å². The highest BCUT2D eigenvalue weighted by atomic mass is 16.1. The predicted molar refractivity (Wildman–Crippen MR) is 230 cm³/mol. The van der Waals surface area contributed by atoms with Crippen LogP contribution in [0.4, 0.5) is 0 Å². The first-order valence-corrected chi connectivity index (χ1v) is 20.2. The summed E-state index contributed by atoms with van der Waals surface area (Å²) in [6, 6.07) is 51.0. The van der Waals surface area contributed by atoms with E-state index >= 15 is 0 Å². The van der Waals surface area contributed by atoms with E-state index in [1.165, 1.54) is 0 Å². The lowest BCUT2D eigenvalue weighted by molar-refractivity contribution is -0.663. The zero-order valence-corrected chi connectivity index (χ0v) is 32.6. The van der Waals surface area contributed by atoms with Gasteiger partial charge in [-0.2, -0.15) is 0 Å². The number of hydrogen-bond acceptors (Lipinski definition) is 3. The zero-order valence-electron chi connectivity index (χ0n) is 32.6. The molecule has 0 spiro atoms. The summed E-state index contributed by atoms with van der Waals surface area (Å²) in [5.41, 5.74) is 13.3. The van der Waals surface area contributed by atoms with Crippen molar-refractivity contribution in [3.8, 4) is 0 Å². The lowest BCUT2D eigenvalue weighted by Gasteiger charge is -2.06. The summed E-state index contributed by atoms with van der Waals surface area (Å²) < 4.78 is 11.3. The largest absolute Gasteiger partial charge is 0.341 e. The van der Waals surface area contributed by atoms with Crippen LogP contribution in [0.25, 0.3) is 43.9 Å². The molecule has 0 aliphatic carbocycles. The molecule has 4 aromatic heterocycles. The van der Waals surface area contributed by atoms with Gasteiger partial charge in [-0.3, -0.25) is 9.59 Å². The third kappa shape index (κ3) is 6.03. The highest BCUT2D eigenvalue weighted by molar-refractivity contribution is 6.17. The second-order valence-corrected chi connectivity index (χ2v) is 15.6. The number of hydrogen-bond donors (Lipinski definition) is 0. The molecule has 0 amide bonds. The topological polar surface area (TPSA) is 69.6 Å². The van der Waals surface area contributed by atoms with E-state index in [2.05, 4.69) is 133 Å². The van der Waals surface area contributed by atoms with Crippen LogP contribution in [0.5, 0.6) is 0 Å². The average Bonchev–Trinajstić information content (AvgIpc) is 3.91. The Morgan fingerprint density at radius 2 is 0.932 bits per heavy atom. The molecule has 59 heavy (non-hydrogen) atoms. The quantitative estimate of drug-likeness (QED) is 0.157. The predicted octanol–water partition coefficient (Wildman–Crippen LogP) is 8.66. The van der Waals surface area contributed by atoms with Crippen molar-refractivity contribution < 1.29 is 18.7 Å². The number of aromatic nitrogens is 6. The third-order valence-electron chi connectivity index (χ3n) is 11.9. The van der Waals surface area contributed by atoms with Crippen molar-refractivity contribution in [2.24, 2.45) is 0 Å². The maximum absolute atomic E-state index is 14.0. The minimum Gasteiger partial charge on any atom is -0.341 e. The van der Waals surface area contributed by atoms with Crippen LogP contribution in [0.15, 0.2) is 164 Å². The molecule has 3 aliphatic rings. The number of benzene rings is 6.